The first-order chi connectivity index (χ1) is 13.6. The van der Waals surface area contributed by atoms with Crippen molar-refractivity contribution in [3.8, 4) is 0 Å². The number of benzene rings is 2. The Bertz CT molecular complexity index is 1000. The van der Waals surface area contributed by atoms with Gasteiger partial charge in [0.25, 0.3) is 5.91 Å². The summed E-state index contributed by atoms with van der Waals surface area (Å²) in [5.74, 6) is -1.50. The molecule has 0 spiro atoms. The quantitative estimate of drug-likeness (QED) is 0.666. The Labute approximate surface area is 161 Å². The first kappa shape index (κ1) is 19.0. The summed E-state index contributed by atoms with van der Waals surface area (Å²) in [6, 6.07) is 18.5. The lowest BCUT2D eigenvalue weighted by Gasteiger charge is -2.17. The number of amides is 3. The van der Waals surface area contributed by atoms with E-state index in [0.29, 0.717) is 17.6 Å². The van der Waals surface area contributed by atoms with Crippen molar-refractivity contribution in [1.29, 1.82) is 0 Å². The van der Waals surface area contributed by atoms with Crippen LogP contribution in [-0.4, -0.2) is 29.4 Å². The summed E-state index contributed by atoms with van der Waals surface area (Å²) in [6.45, 7) is 2.08. The molecule has 1 heterocycles. The van der Waals surface area contributed by atoms with Gasteiger partial charge in [-0.15, -0.1) is 0 Å². The Kier molecular flexibility index (Phi) is 5.96. The van der Waals surface area contributed by atoms with E-state index in [0.717, 1.165) is 5.39 Å². The maximum atomic E-state index is 12.6. The van der Waals surface area contributed by atoms with Crippen LogP contribution in [0.2, 0.25) is 0 Å². The summed E-state index contributed by atoms with van der Waals surface area (Å²) in [5, 5.41) is 5.53. The molecule has 7 heteroatoms. The maximum Gasteiger partial charge on any atom is 0.358 e. The fraction of sp³-hybridized carbons (Fsp3) is 0.143. The Morgan fingerprint density at radius 2 is 1.68 bits per heavy atom. The molecule has 0 aliphatic rings. The topological polar surface area (TPSA) is 97.4 Å². The molecule has 0 aliphatic carbocycles. The van der Waals surface area contributed by atoms with Crippen molar-refractivity contribution in [3.63, 3.8) is 0 Å². The maximum absolute atomic E-state index is 12.6. The monoisotopic (exact) mass is 377 g/mol. The van der Waals surface area contributed by atoms with Gasteiger partial charge in [-0.25, -0.2) is 14.6 Å². The highest BCUT2D eigenvalue weighted by Gasteiger charge is 2.27. The molecule has 0 aliphatic heterocycles. The zero-order valence-corrected chi connectivity index (χ0v) is 15.2. The minimum Gasteiger partial charge on any atom is -0.443 e. The van der Waals surface area contributed by atoms with Gasteiger partial charge in [0.1, 0.15) is 5.69 Å². The third-order valence-electron chi connectivity index (χ3n) is 3.95. The van der Waals surface area contributed by atoms with Crippen LogP contribution < -0.4 is 10.6 Å². The van der Waals surface area contributed by atoms with Crippen LogP contribution >= 0.6 is 0 Å². The Morgan fingerprint density at radius 1 is 0.964 bits per heavy atom. The van der Waals surface area contributed by atoms with Crippen molar-refractivity contribution in [1.82, 2.24) is 15.6 Å². The number of aromatic nitrogens is 1. The number of hydrogen-bond donors (Lipinski definition) is 2. The summed E-state index contributed by atoms with van der Waals surface area (Å²) in [4.78, 5) is 41.1. The zero-order valence-electron chi connectivity index (χ0n) is 15.2. The number of ether oxygens (including phenoxy) is 1. The number of nitrogens with one attached hydrogen (secondary N) is 2. The van der Waals surface area contributed by atoms with Crippen molar-refractivity contribution in [2.75, 3.05) is 6.54 Å². The number of imide groups is 1. The number of carbonyl (C=O) groups is 3. The molecule has 0 saturated carbocycles. The number of esters is 1. The number of carbonyl (C=O) groups excluding carboxylic acids is 3. The van der Waals surface area contributed by atoms with Crippen LogP contribution in [0.1, 0.15) is 29.1 Å². The number of nitrogens with zero attached hydrogens (tertiary/aromatic N) is 1. The summed E-state index contributed by atoms with van der Waals surface area (Å²) in [7, 11) is 0. The first-order valence-electron chi connectivity index (χ1n) is 8.79. The molecule has 1 atom stereocenters. The van der Waals surface area contributed by atoms with Gasteiger partial charge in [-0.1, -0.05) is 54.6 Å². The smallest absolute Gasteiger partial charge is 0.358 e. The number of para-hydroxylation sites is 1. The van der Waals surface area contributed by atoms with E-state index < -0.39 is 24.0 Å². The molecule has 2 N–H and O–H groups in total. The number of hydrogen-bond acceptors (Lipinski definition) is 5. The van der Waals surface area contributed by atoms with E-state index >= 15 is 0 Å². The second-order valence-corrected chi connectivity index (χ2v) is 5.93. The number of fused-ring (bicyclic) bond motifs is 1. The molecule has 7 nitrogen and oxygen atoms in total. The molecule has 1 aromatic heterocycles. The standard InChI is InChI=1S/C21H19N3O4/c1-2-22-21(27)24-19(25)18(15-9-4-3-5-10-15)28-20(26)17-13-12-14-8-6-7-11-16(14)23-17/h3-13,18H,2H2,1H3,(H2,22,24,25,27)/t18-/m1/s1. The molecule has 0 fully saturated rings. The van der Waals surface area contributed by atoms with Crippen molar-refractivity contribution in [2.45, 2.75) is 13.0 Å². The minimum absolute atomic E-state index is 0.0745. The first-order valence-corrected chi connectivity index (χ1v) is 8.79. The molecule has 0 bridgehead atoms. The van der Waals surface area contributed by atoms with Crippen LogP contribution in [0, 0.1) is 0 Å². The molecule has 28 heavy (non-hydrogen) atoms. The van der Waals surface area contributed by atoms with Gasteiger partial charge in [0.05, 0.1) is 5.52 Å². The predicted octanol–water partition coefficient (Wildman–Crippen LogP) is 2.98. The van der Waals surface area contributed by atoms with Gasteiger partial charge >= 0.3 is 12.0 Å². The van der Waals surface area contributed by atoms with Crippen LogP contribution in [0.3, 0.4) is 0 Å². The van der Waals surface area contributed by atoms with Gasteiger partial charge in [0, 0.05) is 17.5 Å². The van der Waals surface area contributed by atoms with Crippen LogP contribution in [0.15, 0.2) is 66.7 Å². The van der Waals surface area contributed by atoms with Gasteiger partial charge in [-0.05, 0) is 19.1 Å². The fourth-order valence-electron chi connectivity index (χ4n) is 2.63. The van der Waals surface area contributed by atoms with Gasteiger partial charge in [0.2, 0.25) is 6.10 Å². The Balaban J connectivity index is 1.84. The van der Waals surface area contributed by atoms with Crippen molar-refractivity contribution >= 4 is 28.8 Å². The summed E-state index contributed by atoms with van der Waals surface area (Å²) >= 11 is 0. The highest BCUT2D eigenvalue weighted by molar-refractivity contribution is 5.99. The largest absolute Gasteiger partial charge is 0.443 e. The second-order valence-electron chi connectivity index (χ2n) is 5.93. The number of pyridine rings is 1. The SMILES string of the molecule is CCNC(=O)NC(=O)[C@H](OC(=O)c1ccc2ccccc2n1)c1ccccc1. The Morgan fingerprint density at radius 3 is 2.43 bits per heavy atom. The van der Waals surface area contributed by atoms with Crippen LogP contribution in [0.25, 0.3) is 10.9 Å². The summed E-state index contributed by atoms with van der Waals surface area (Å²) < 4.78 is 5.42. The van der Waals surface area contributed by atoms with E-state index in [4.69, 9.17) is 4.74 Å². The molecule has 3 rings (SSSR count). The van der Waals surface area contributed by atoms with E-state index in [2.05, 4.69) is 15.6 Å². The molecular weight excluding hydrogens is 358 g/mol. The fourth-order valence-corrected chi connectivity index (χ4v) is 2.63. The van der Waals surface area contributed by atoms with E-state index in [1.54, 1.807) is 49.4 Å². The van der Waals surface area contributed by atoms with Crippen molar-refractivity contribution in [3.05, 3.63) is 78.0 Å². The lowest BCUT2D eigenvalue weighted by Crippen LogP contribution is -2.42. The third-order valence-corrected chi connectivity index (χ3v) is 3.95. The van der Waals surface area contributed by atoms with E-state index in [9.17, 15) is 14.4 Å². The third kappa shape index (κ3) is 4.50. The van der Waals surface area contributed by atoms with Crippen molar-refractivity contribution in [2.24, 2.45) is 0 Å². The average molecular weight is 377 g/mol. The molecule has 0 radical (unpaired) electrons. The van der Waals surface area contributed by atoms with Crippen LogP contribution in [0.4, 0.5) is 4.79 Å². The number of urea groups is 1. The zero-order chi connectivity index (χ0) is 19.9. The average Bonchev–Trinajstić information content (AvgIpc) is 2.72. The molecule has 0 unspecified atom stereocenters. The highest BCUT2D eigenvalue weighted by Crippen LogP contribution is 2.20. The minimum atomic E-state index is -1.29. The van der Waals surface area contributed by atoms with Gasteiger partial charge < -0.3 is 10.1 Å². The molecule has 2 aromatic carbocycles. The van der Waals surface area contributed by atoms with E-state index in [1.807, 2.05) is 18.2 Å². The van der Waals surface area contributed by atoms with Crippen molar-refractivity contribution < 1.29 is 19.1 Å². The van der Waals surface area contributed by atoms with E-state index in [-0.39, 0.29) is 5.69 Å². The Hall–Kier alpha value is -3.74. The molecule has 3 aromatic rings. The highest BCUT2D eigenvalue weighted by atomic mass is 16.5. The summed E-state index contributed by atoms with van der Waals surface area (Å²) in [5.41, 5.74) is 1.16. The van der Waals surface area contributed by atoms with E-state index in [1.165, 1.54) is 6.07 Å². The molecule has 0 saturated heterocycles. The van der Waals surface area contributed by atoms with Gasteiger partial charge in [0.15, 0.2) is 0 Å². The predicted molar refractivity (Wildman–Crippen MR) is 104 cm³/mol. The van der Waals surface area contributed by atoms with Crippen LogP contribution in [-0.2, 0) is 9.53 Å². The second kappa shape index (κ2) is 8.77. The lowest BCUT2D eigenvalue weighted by atomic mass is 10.1. The summed E-state index contributed by atoms with van der Waals surface area (Å²) in [6.07, 6.45) is -1.29. The van der Waals surface area contributed by atoms with Crippen LogP contribution in [0.5, 0.6) is 0 Å². The number of rotatable bonds is 5. The lowest BCUT2D eigenvalue weighted by molar-refractivity contribution is -0.129. The van der Waals surface area contributed by atoms with Gasteiger partial charge in [-0.2, -0.15) is 0 Å². The molecule has 3 amide bonds. The normalized spacial score (nSPS) is 11.5. The molecule has 142 valence electrons. The molecular formula is C21H19N3O4. The van der Waals surface area contributed by atoms with Gasteiger partial charge in [-0.3, -0.25) is 10.1 Å².